The standard InChI is InChI=1S/C23H24FN9O10P2S2/c24-12-6-19(32-13-2-1-3-14(33(34)35)20(13)28-29-32)41-16(12)8-40-45(38,47)43-15-7-18(42-17(15)9-39-44(36,37)46)31-11-26-21-22-25-4-5-30(22)10-27-23(21)31/h1-5,10-12,15-19H,6-9H2,(H,38,47)(H2,36,37,46)/t12-,15-,16+,17+,18+,19+,45?/m0/s1. The van der Waals surface area contributed by atoms with Crippen molar-refractivity contribution in [2.24, 2.45) is 0 Å². The highest BCUT2D eigenvalue weighted by molar-refractivity contribution is 8.44. The Balaban J connectivity index is 1.04. The van der Waals surface area contributed by atoms with Crippen molar-refractivity contribution in [2.45, 2.75) is 49.8 Å². The molecule has 2 unspecified atom stereocenters. The van der Waals surface area contributed by atoms with Crippen LogP contribution in [0.25, 0.3) is 27.8 Å². The summed E-state index contributed by atoms with van der Waals surface area (Å²) in [5.41, 5.74) is 1.55. The Morgan fingerprint density at radius 2 is 1.87 bits per heavy atom. The molecule has 24 heteroatoms. The first-order valence-corrected chi connectivity index (χ1v) is 19.1. The number of nitro groups is 1. The van der Waals surface area contributed by atoms with E-state index in [1.807, 2.05) is 0 Å². The number of nitro benzene ring substituents is 1. The van der Waals surface area contributed by atoms with Crippen molar-refractivity contribution >= 4 is 71.1 Å². The van der Waals surface area contributed by atoms with Crippen LogP contribution in [0.2, 0.25) is 0 Å². The number of rotatable bonds is 11. The van der Waals surface area contributed by atoms with Gasteiger partial charge in [-0.1, -0.05) is 23.5 Å². The summed E-state index contributed by atoms with van der Waals surface area (Å²) >= 11 is 8.77. The number of alkyl halides is 1. The molecule has 1 aromatic carbocycles. The third kappa shape index (κ3) is 6.55. The average molecular weight is 732 g/mol. The number of fused-ring (bicyclic) bond motifs is 4. The zero-order chi connectivity index (χ0) is 33.1. The lowest BCUT2D eigenvalue weighted by Gasteiger charge is -2.25. The summed E-state index contributed by atoms with van der Waals surface area (Å²) in [6.45, 7) is -9.28. The van der Waals surface area contributed by atoms with E-state index >= 15 is 4.39 Å². The third-order valence-corrected chi connectivity index (χ3v) is 10.1. The van der Waals surface area contributed by atoms with E-state index in [-0.39, 0.29) is 29.6 Å². The maximum Gasteiger partial charge on any atom is 0.383 e. The first kappa shape index (κ1) is 32.5. The lowest BCUT2D eigenvalue weighted by atomic mass is 10.2. The van der Waals surface area contributed by atoms with E-state index in [2.05, 4.69) is 37.5 Å². The molecule has 0 radical (unpaired) electrons. The highest BCUT2D eigenvalue weighted by atomic mass is 32.7. The zero-order valence-corrected chi connectivity index (χ0v) is 27.1. The fourth-order valence-electron chi connectivity index (χ4n) is 5.53. The molecule has 2 fully saturated rings. The number of hydrogen-bond donors (Lipinski definition) is 3. The number of thiol groups is 1. The predicted octanol–water partition coefficient (Wildman–Crippen LogP) is 3.01. The highest BCUT2D eigenvalue weighted by Crippen LogP contribution is 2.51. The second-order valence-electron chi connectivity index (χ2n) is 10.6. The Hall–Kier alpha value is -3.01. The molecule has 6 heterocycles. The molecule has 5 aromatic rings. The van der Waals surface area contributed by atoms with E-state index in [0.29, 0.717) is 16.8 Å². The van der Waals surface area contributed by atoms with Crippen LogP contribution in [0.4, 0.5) is 10.1 Å². The zero-order valence-electron chi connectivity index (χ0n) is 23.6. The highest BCUT2D eigenvalue weighted by Gasteiger charge is 2.43. The lowest BCUT2D eigenvalue weighted by molar-refractivity contribution is -0.383. The van der Waals surface area contributed by atoms with Crippen molar-refractivity contribution in [2.75, 3.05) is 13.2 Å². The van der Waals surface area contributed by atoms with Crippen LogP contribution < -0.4 is 0 Å². The molecule has 8 atom stereocenters. The van der Waals surface area contributed by atoms with Crippen LogP contribution in [0, 0.1) is 10.1 Å². The molecule has 19 nitrogen and oxygen atoms in total. The van der Waals surface area contributed by atoms with Gasteiger partial charge in [0.1, 0.15) is 30.9 Å². The van der Waals surface area contributed by atoms with E-state index in [0.717, 1.165) is 0 Å². The number of benzene rings is 1. The van der Waals surface area contributed by atoms with Crippen LogP contribution >= 0.6 is 25.8 Å². The molecule has 0 spiro atoms. The maximum atomic E-state index is 15.1. The summed E-state index contributed by atoms with van der Waals surface area (Å²) in [6, 6.07) is 4.28. The van der Waals surface area contributed by atoms with Gasteiger partial charge in [0.2, 0.25) is 0 Å². The van der Waals surface area contributed by atoms with Crippen LogP contribution in [0.5, 0.6) is 0 Å². The first-order valence-electron chi connectivity index (χ1n) is 13.8. The van der Waals surface area contributed by atoms with Gasteiger partial charge in [0, 0.05) is 31.3 Å². The molecule has 0 saturated carbocycles. The second kappa shape index (κ2) is 12.5. The van der Waals surface area contributed by atoms with E-state index in [9.17, 15) is 24.5 Å². The molecule has 0 bridgehead atoms. The van der Waals surface area contributed by atoms with Gasteiger partial charge in [0.15, 0.2) is 28.6 Å². The second-order valence-corrected chi connectivity index (χ2v) is 16.1. The molecule has 4 aromatic heterocycles. The summed E-state index contributed by atoms with van der Waals surface area (Å²) in [5, 5.41) is 19.1. The van der Waals surface area contributed by atoms with Gasteiger partial charge in [-0.3, -0.25) is 23.6 Å². The summed E-state index contributed by atoms with van der Waals surface area (Å²) in [4.78, 5) is 44.4. The van der Waals surface area contributed by atoms with Crippen LogP contribution in [0.1, 0.15) is 25.3 Å². The number of hydrogen-bond acceptors (Lipinski definition) is 14. The lowest BCUT2D eigenvalue weighted by Crippen LogP contribution is -2.29. The normalized spacial score (nSPS) is 27.5. The number of ether oxygens (including phenoxy) is 2. The molecule has 2 aliphatic heterocycles. The molecule has 2 aliphatic rings. The van der Waals surface area contributed by atoms with E-state index in [4.69, 9.17) is 34.9 Å². The monoisotopic (exact) mass is 731 g/mol. The Bertz CT molecular complexity index is 2080. The third-order valence-electron chi connectivity index (χ3n) is 7.63. The minimum absolute atomic E-state index is 0.0239. The van der Waals surface area contributed by atoms with Gasteiger partial charge in [-0.15, -0.1) is 5.10 Å². The molecular weight excluding hydrogens is 707 g/mol. The number of aromatic nitrogens is 8. The fourth-order valence-corrected chi connectivity index (χ4v) is 7.54. The van der Waals surface area contributed by atoms with Crippen LogP contribution in [-0.2, 0) is 39.4 Å². The molecule has 0 amide bonds. The van der Waals surface area contributed by atoms with Crippen molar-refractivity contribution in [3.05, 3.63) is 53.4 Å². The Kier molecular flexibility index (Phi) is 8.63. The summed E-state index contributed by atoms with van der Waals surface area (Å²) in [7, 11) is 0. The van der Waals surface area contributed by atoms with Crippen molar-refractivity contribution in [3.8, 4) is 0 Å². The van der Waals surface area contributed by atoms with Gasteiger partial charge >= 0.3 is 13.5 Å². The summed E-state index contributed by atoms with van der Waals surface area (Å²) in [6.07, 6.45) is -0.313. The summed E-state index contributed by atoms with van der Waals surface area (Å²) < 4.78 is 59.5. The Morgan fingerprint density at radius 3 is 2.66 bits per heavy atom. The Labute approximate surface area is 272 Å². The van der Waals surface area contributed by atoms with Crippen LogP contribution in [-0.4, -0.2) is 91.3 Å². The van der Waals surface area contributed by atoms with Gasteiger partial charge in [-0.2, -0.15) is 0 Å². The molecular formula is C23H24FN9O10P2S2. The fraction of sp³-hybridized carbons (Fsp3) is 0.435. The number of non-ortho nitro benzene ring substituents is 1. The van der Waals surface area contributed by atoms with Crippen molar-refractivity contribution in [1.29, 1.82) is 0 Å². The van der Waals surface area contributed by atoms with Gasteiger partial charge in [0.25, 0.3) is 5.69 Å². The van der Waals surface area contributed by atoms with Gasteiger partial charge in [0.05, 0.1) is 36.1 Å². The topological polar surface area (TPSA) is 226 Å². The number of halogens is 1. The molecule has 250 valence electrons. The van der Waals surface area contributed by atoms with Crippen molar-refractivity contribution in [1.82, 2.24) is 38.9 Å². The predicted molar refractivity (Wildman–Crippen MR) is 165 cm³/mol. The Morgan fingerprint density at radius 1 is 1.09 bits per heavy atom. The molecule has 2 saturated heterocycles. The summed E-state index contributed by atoms with van der Waals surface area (Å²) in [5.74, 6) is 0. The van der Waals surface area contributed by atoms with Crippen molar-refractivity contribution in [3.63, 3.8) is 0 Å². The van der Waals surface area contributed by atoms with Gasteiger partial charge in [-0.05, 0) is 17.9 Å². The smallest absolute Gasteiger partial charge is 0.349 e. The van der Waals surface area contributed by atoms with E-state index in [1.54, 1.807) is 33.8 Å². The average Bonchev–Trinajstić information content (AvgIpc) is 3.83. The number of imidazole rings is 2. The van der Waals surface area contributed by atoms with Crippen molar-refractivity contribution < 1.29 is 46.7 Å². The maximum absolute atomic E-state index is 15.1. The van der Waals surface area contributed by atoms with Crippen LogP contribution in [0.3, 0.4) is 0 Å². The van der Waals surface area contributed by atoms with Gasteiger partial charge in [-0.25, -0.2) is 28.6 Å². The SMILES string of the molecule is O=[N+]([O-])c1cccc2c1nnn2[C@H]1C[C@H](F)[C@@H](COP(O)(=S)O[C@H]2C[C@H](n3cnc4c3ncn3ccnc43)O[C@@H]2COP(=O)(O)S)O1. The quantitative estimate of drug-likeness (QED) is 0.0768. The van der Waals surface area contributed by atoms with Gasteiger partial charge < -0.3 is 28.3 Å². The van der Waals surface area contributed by atoms with Crippen LogP contribution in [0.15, 0.2) is 43.2 Å². The largest absolute Gasteiger partial charge is 0.383 e. The minimum Gasteiger partial charge on any atom is -0.349 e. The number of nitrogens with zero attached hydrogens (tertiary/aromatic N) is 9. The minimum atomic E-state index is -4.22. The van der Waals surface area contributed by atoms with E-state index < -0.39 is 68.6 Å². The molecule has 47 heavy (non-hydrogen) atoms. The molecule has 2 N–H and O–H groups in total. The molecule has 0 aliphatic carbocycles. The first-order chi connectivity index (χ1) is 22.4. The molecule has 7 rings (SSSR count). The van der Waals surface area contributed by atoms with E-state index in [1.165, 1.54) is 23.1 Å².